The molecular weight excluding hydrogens is 1590 g/mol. The molecule has 0 aliphatic carbocycles. The van der Waals surface area contributed by atoms with E-state index in [9.17, 15) is 76.3 Å². The van der Waals surface area contributed by atoms with Gasteiger partial charge in [-0.2, -0.15) is 0 Å². The van der Waals surface area contributed by atoms with E-state index in [-0.39, 0.29) is 116 Å². The fraction of sp³-hybridized carbons (Fsp3) is 0.588. The molecule has 0 saturated carbocycles. The van der Waals surface area contributed by atoms with E-state index in [1.165, 1.54) is 6.07 Å². The number of nitrogens with zero attached hydrogens (tertiary/aromatic N) is 3. The highest BCUT2D eigenvalue weighted by molar-refractivity contribution is 6.25. The monoisotopic (exact) mass is 1700 g/mol. The van der Waals surface area contributed by atoms with Gasteiger partial charge in [0.1, 0.15) is 35.1 Å². The largest absolute Gasteiger partial charge is 0.481 e. The van der Waals surface area contributed by atoms with E-state index >= 15 is 0 Å². The van der Waals surface area contributed by atoms with Crippen LogP contribution in [-0.4, -0.2) is 316 Å². The first-order valence-corrected chi connectivity index (χ1v) is 39.4. The molecule has 0 aromatic heterocycles. The van der Waals surface area contributed by atoms with Crippen molar-refractivity contribution in [3.63, 3.8) is 0 Å². The number of amides is 12. The Morgan fingerprint density at radius 2 is 0.633 bits per heavy atom. The second-order valence-electron chi connectivity index (χ2n) is 28.9. The van der Waals surface area contributed by atoms with Crippen molar-refractivity contribution in [2.45, 2.75) is 129 Å². The number of hydrogen-bond acceptors (Lipinski definition) is 32. The number of esters is 2. The van der Waals surface area contributed by atoms with Gasteiger partial charge in [0.15, 0.2) is 0 Å². The Morgan fingerprint density at radius 3 is 0.917 bits per heavy atom. The molecule has 40 heteroatoms. The number of nitrogens with two attached hydrogens (primary N) is 1. The Bertz CT molecular complexity index is 3980. The maximum absolute atomic E-state index is 13.2. The number of anilines is 2. The maximum atomic E-state index is 13.2. The van der Waals surface area contributed by atoms with E-state index in [2.05, 4.69) is 26.6 Å². The SMILES string of the molecule is CC(C)(C)OC(=O)CCOCCOCCOCCOCCN.CC(C)(C)OC(=O)CCOCCOCCOCCOCCNc1ccc2c(c1)C(=O)N(C1CCC(=O)NC1=O)C2=O.O=C(O)CCOCCOCCOCCOCCNc1ccc2c(c1)C(=O)N(C1CCC(=O)NC1=O)C2=O.O=C1CCC(N2C(=O)c3ccc(F)cc3C2=O)C(=O)N1. The van der Waals surface area contributed by atoms with Crippen molar-refractivity contribution in [3.8, 4) is 0 Å². The van der Waals surface area contributed by atoms with Gasteiger partial charge in [-0.25, -0.2) is 4.39 Å². The maximum Gasteiger partial charge on any atom is 0.308 e. The van der Waals surface area contributed by atoms with Gasteiger partial charge in [0.2, 0.25) is 35.4 Å². The quantitative estimate of drug-likeness (QED) is 0.0242. The lowest BCUT2D eigenvalue weighted by Gasteiger charge is -2.27. The van der Waals surface area contributed by atoms with Crippen LogP contribution in [0.2, 0.25) is 0 Å². The fourth-order valence-corrected chi connectivity index (χ4v) is 11.8. The van der Waals surface area contributed by atoms with Crippen LogP contribution in [0.25, 0.3) is 0 Å². The van der Waals surface area contributed by atoms with Crippen molar-refractivity contribution >= 4 is 100 Å². The molecule has 6 aliphatic heterocycles. The molecule has 6 heterocycles. The number of carboxylic acid groups (broad SMARTS) is 1. The molecule has 3 aromatic rings. The molecule has 39 nitrogen and oxygen atoms in total. The summed E-state index contributed by atoms with van der Waals surface area (Å²) in [6.07, 6.45) is 0.934. The third kappa shape index (κ3) is 34.6. The number of imide groups is 6. The van der Waals surface area contributed by atoms with E-state index in [1.54, 1.807) is 36.4 Å². The molecule has 3 saturated heterocycles. The van der Waals surface area contributed by atoms with Crippen LogP contribution < -0.4 is 32.3 Å². The minimum atomic E-state index is -1.02. The summed E-state index contributed by atoms with van der Waals surface area (Å²) in [4.78, 5) is 181. The van der Waals surface area contributed by atoms with Gasteiger partial charge < -0.3 is 87.8 Å². The van der Waals surface area contributed by atoms with Crippen LogP contribution in [0.4, 0.5) is 15.8 Å². The van der Waals surface area contributed by atoms with Crippen molar-refractivity contribution in [1.82, 2.24) is 30.7 Å². The van der Waals surface area contributed by atoms with Crippen LogP contribution in [-0.2, 0) is 109 Å². The van der Waals surface area contributed by atoms with Crippen molar-refractivity contribution in [3.05, 3.63) is 93.8 Å². The first-order valence-electron chi connectivity index (χ1n) is 39.4. The Morgan fingerprint density at radius 1 is 0.375 bits per heavy atom. The molecule has 0 radical (unpaired) electrons. The Kier molecular flexibility index (Phi) is 42.9. The van der Waals surface area contributed by atoms with Crippen LogP contribution in [0.15, 0.2) is 54.6 Å². The molecule has 0 spiro atoms. The highest BCUT2D eigenvalue weighted by Gasteiger charge is 2.48. The van der Waals surface area contributed by atoms with Gasteiger partial charge >= 0.3 is 17.9 Å². The topological polar surface area (TPSA) is 501 Å². The van der Waals surface area contributed by atoms with E-state index in [0.29, 0.717) is 176 Å². The van der Waals surface area contributed by atoms with Crippen LogP contribution in [0.5, 0.6) is 0 Å². The summed E-state index contributed by atoms with van der Waals surface area (Å²) in [6.45, 7) is 22.3. The fourth-order valence-electron chi connectivity index (χ4n) is 11.8. The first kappa shape index (κ1) is 98.7. The van der Waals surface area contributed by atoms with Crippen LogP contribution >= 0.6 is 0 Å². The van der Waals surface area contributed by atoms with Gasteiger partial charge in [-0.15, -0.1) is 0 Å². The Labute approximate surface area is 692 Å². The number of aliphatic carboxylic acids is 1. The van der Waals surface area contributed by atoms with Crippen LogP contribution in [0, 0.1) is 5.82 Å². The molecule has 662 valence electrons. The number of ether oxygens (including phenoxy) is 14. The Hall–Kier alpha value is -10.1. The summed E-state index contributed by atoms with van der Waals surface area (Å²) in [5, 5.41) is 21.2. The zero-order valence-corrected chi connectivity index (χ0v) is 68.5. The zero-order chi connectivity index (χ0) is 87.6. The number of halogens is 1. The van der Waals surface area contributed by atoms with Gasteiger partial charge in [0, 0.05) is 50.3 Å². The lowest BCUT2D eigenvalue weighted by molar-refractivity contribution is -0.157. The van der Waals surface area contributed by atoms with Crippen molar-refractivity contribution in [1.29, 1.82) is 0 Å². The molecule has 12 amide bonds. The second-order valence-corrected chi connectivity index (χ2v) is 28.9. The second kappa shape index (κ2) is 52.2. The van der Waals surface area contributed by atoms with E-state index < -0.39 is 112 Å². The predicted molar refractivity (Wildman–Crippen MR) is 418 cm³/mol. The minimum absolute atomic E-state index is 0.0299. The Balaban J connectivity index is 0.000000259. The van der Waals surface area contributed by atoms with Crippen molar-refractivity contribution < 1.29 is 148 Å². The van der Waals surface area contributed by atoms with Gasteiger partial charge in [-0.3, -0.25) is 103 Å². The molecule has 3 unspecified atom stereocenters. The van der Waals surface area contributed by atoms with Crippen LogP contribution in [0.1, 0.15) is 161 Å². The molecule has 9 rings (SSSR count). The molecule has 3 atom stereocenters. The van der Waals surface area contributed by atoms with Gasteiger partial charge in [-0.1, -0.05) is 0 Å². The smallest absolute Gasteiger partial charge is 0.308 e. The number of piperidine rings is 3. The summed E-state index contributed by atoms with van der Waals surface area (Å²) >= 11 is 0. The molecule has 120 heavy (non-hydrogen) atoms. The number of carboxylic acids is 1. The molecule has 3 fully saturated rings. The number of carbonyl (C=O) groups is 15. The average Bonchev–Trinajstić information content (AvgIpc) is 1.65. The minimum Gasteiger partial charge on any atom is -0.481 e. The highest BCUT2D eigenvalue weighted by atomic mass is 19.1. The number of fused-ring (bicyclic) bond motifs is 3. The van der Waals surface area contributed by atoms with Gasteiger partial charge in [0.05, 0.1) is 211 Å². The number of rotatable bonds is 49. The molecule has 6 aliphatic rings. The molecule has 3 aromatic carbocycles. The lowest BCUT2D eigenvalue weighted by atomic mass is 10.0. The molecule has 8 N–H and O–H groups in total. The summed E-state index contributed by atoms with van der Waals surface area (Å²) < 4.78 is 87.6. The normalized spacial score (nSPS) is 16.9. The van der Waals surface area contributed by atoms with Crippen molar-refractivity contribution in [2.75, 3.05) is 189 Å². The lowest BCUT2D eigenvalue weighted by Crippen LogP contribution is -2.54. The van der Waals surface area contributed by atoms with E-state index in [4.69, 9.17) is 77.2 Å². The molecule has 0 bridgehead atoms. The van der Waals surface area contributed by atoms with E-state index in [0.717, 1.165) is 26.8 Å². The highest BCUT2D eigenvalue weighted by Crippen LogP contribution is 2.33. The molecular formula is C80H110FN9O30. The standard InChI is InChI=1S/C28H39N3O10.C24H31N3O10.C15H31NO6.C13H9FN2O4/c1-28(2,3)41-24(33)8-10-37-12-14-39-16-17-40-15-13-38-11-9-29-19-4-5-20-21(18-19)27(36)31(26(20)35)22-6-7-23(32)30-25(22)34;28-20-4-3-19(22(31)26-20)27-23(32)17-2-1-16(15-18(17)24(27)33)25-6-8-35-10-12-37-14-13-36-11-9-34-7-5-21(29)30;1-15(2,3)22-14(17)4-6-18-8-10-20-12-13-21-11-9-19-7-5-16;14-6-1-2-7-8(5-6)13(20)16(12(7)19)9-3-4-10(17)15-11(9)18/h4-5,18,22,29H,6-17H2,1-3H3,(H,30,32,34);1-2,15,19,25H,3-14H2,(H,29,30)(H,26,28,31);4-13,16H2,1-3H3;1-2,5,9H,3-4H2,(H,15,17,18). The number of carbonyl (C=O) groups excluding carboxylic acids is 14. The number of benzene rings is 3. The van der Waals surface area contributed by atoms with E-state index in [1.807, 2.05) is 41.5 Å². The van der Waals surface area contributed by atoms with Gasteiger partial charge in [-0.05, 0) is 115 Å². The summed E-state index contributed by atoms with van der Waals surface area (Å²) in [7, 11) is 0. The average molecular weight is 1700 g/mol. The number of hydrogen-bond donors (Lipinski definition) is 7. The third-order valence-corrected chi connectivity index (χ3v) is 17.2. The first-order chi connectivity index (χ1) is 57.4. The summed E-state index contributed by atoms with van der Waals surface area (Å²) in [6, 6.07) is 9.88. The number of nitrogens with one attached hydrogen (secondary N) is 5. The van der Waals surface area contributed by atoms with Crippen LogP contribution in [0.3, 0.4) is 0 Å². The third-order valence-electron chi connectivity index (χ3n) is 17.2. The summed E-state index contributed by atoms with van der Waals surface area (Å²) in [5.74, 6) is -8.83. The van der Waals surface area contributed by atoms with Crippen molar-refractivity contribution in [2.24, 2.45) is 5.73 Å². The zero-order valence-electron chi connectivity index (χ0n) is 68.5. The summed E-state index contributed by atoms with van der Waals surface area (Å²) in [5.41, 5.74) is 6.50. The predicted octanol–water partition coefficient (Wildman–Crippen LogP) is 2.31. The van der Waals surface area contributed by atoms with Gasteiger partial charge in [0.25, 0.3) is 35.4 Å².